The Bertz CT molecular complexity index is 1060. The maximum absolute atomic E-state index is 12.3. The van der Waals surface area contributed by atoms with Crippen molar-refractivity contribution in [3.8, 4) is 23.4 Å². The summed E-state index contributed by atoms with van der Waals surface area (Å²) < 4.78 is 11.1. The molecule has 3 rings (SSSR count). The molecule has 0 saturated carbocycles. The number of pyridine rings is 1. The molecule has 2 aromatic carbocycles. The molecule has 0 aliphatic heterocycles. The van der Waals surface area contributed by atoms with Gasteiger partial charge in [0.1, 0.15) is 23.1 Å². The first kappa shape index (κ1) is 21.2. The third-order valence-corrected chi connectivity index (χ3v) is 5.09. The van der Waals surface area contributed by atoms with Crippen molar-refractivity contribution >= 4 is 23.4 Å². The van der Waals surface area contributed by atoms with Crippen molar-refractivity contribution in [2.75, 3.05) is 17.7 Å². The minimum Gasteiger partial charge on any atom is -0.494 e. The van der Waals surface area contributed by atoms with Crippen LogP contribution in [0.1, 0.15) is 18.1 Å². The molecular formula is C23H21N3O3S. The van der Waals surface area contributed by atoms with E-state index in [0.29, 0.717) is 29.4 Å². The number of carbonyl (C=O) groups excluding carboxylic acids is 1. The second kappa shape index (κ2) is 10.3. The van der Waals surface area contributed by atoms with Crippen molar-refractivity contribution in [1.82, 2.24) is 4.98 Å². The predicted octanol–water partition coefficient (Wildman–Crippen LogP) is 5.18. The molecule has 0 unspecified atom stereocenters. The lowest BCUT2D eigenvalue weighted by Gasteiger charge is -2.11. The van der Waals surface area contributed by atoms with Crippen LogP contribution in [-0.2, 0) is 4.79 Å². The number of nitriles is 1. The fraction of sp³-hybridized carbons (Fsp3) is 0.174. The maximum Gasteiger partial charge on any atom is 0.237 e. The first-order valence-electron chi connectivity index (χ1n) is 9.38. The van der Waals surface area contributed by atoms with E-state index in [1.165, 1.54) is 11.8 Å². The van der Waals surface area contributed by atoms with E-state index < -0.39 is 0 Å². The quantitative estimate of drug-likeness (QED) is 0.506. The van der Waals surface area contributed by atoms with Crippen LogP contribution in [-0.4, -0.2) is 23.3 Å². The van der Waals surface area contributed by atoms with Crippen LogP contribution >= 0.6 is 11.8 Å². The second-order valence-corrected chi connectivity index (χ2v) is 7.34. The normalized spacial score (nSPS) is 10.2. The first-order valence-corrected chi connectivity index (χ1v) is 10.4. The zero-order valence-electron chi connectivity index (χ0n) is 16.7. The molecule has 0 fully saturated rings. The summed E-state index contributed by atoms with van der Waals surface area (Å²) in [5, 5.41) is 12.1. The van der Waals surface area contributed by atoms with Gasteiger partial charge in [0.25, 0.3) is 0 Å². The van der Waals surface area contributed by atoms with Crippen LogP contribution in [0.2, 0.25) is 0 Å². The van der Waals surface area contributed by atoms with Gasteiger partial charge >= 0.3 is 0 Å². The molecule has 1 N–H and O–H groups in total. The summed E-state index contributed by atoms with van der Waals surface area (Å²) in [6.45, 7) is 4.45. The Hall–Kier alpha value is -3.50. The Morgan fingerprint density at radius 3 is 2.63 bits per heavy atom. The number of amides is 1. The Labute approximate surface area is 179 Å². The lowest BCUT2D eigenvalue weighted by atomic mass is 10.2. The van der Waals surface area contributed by atoms with Crippen LogP contribution in [0.5, 0.6) is 17.4 Å². The van der Waals surface area contributed by atoms with E-state index >= 15 is 0 Å². The monoisotopic (exact) mass is 419 g/mol. The number of hydrogen-bond donors (Lipinski definition) is 1. The van der Waals surface area contributed by atoms with Gasteiger partial charge in [0.15, 0.2) is 0 Å². The van der Waals surface area contributed by atoms with E-state index in [0.717, 1.165) is 16.2 Å². The molecule has 3 aromatic rings. The molecule has 0 atom stereocenters. The Kier molecular flexibility index (Phi) is 7.30. The Morgan fingerprint density at radius 1 is 1.17 bits per heavy atom. The molecule has 1 aromatic heterocycles. The minimum absolute atomic E-state index is 0.0952. The van der Waals surface area contributed by atoms with E-state index in [2.05, 4.69) is 16.4 Å². The molecule has 1 heterocycles. The van der Waals surface area contributed by atoms with Gasteiger partial charge in [-0.15, -0.1) is 11.8 Å². The highest BCUT2D eigenvalue weighted by Crippen LogP contribution is 2.27. The summed E-state index contributed by atoms with van der Waals surface area (Å²) >= 11 is 1.46. The summed E-state index contributed by atoms with van der Waals surface area (Å²) in [4.78, 5) is 17.4. The Balaban J connectivity index is 1.57. The van der Waals surface area contributed by atoms with E-state index in [9.17, 15) is 4.79 Å². The third-order valence-electron chi connectivity index (χ3n) is 4.08. The van der Waals surface area contributed by atoms with Crippen molar-refractivity contribution < 1.29 is 14.3 Å². The number of nitrogens with zero attached hydrogens (tertiary/aromatic N) is 2. The van der Waals surface area contributed by atoms with Crippen molar-refractivity contribution in [1.29, 1.82) is 5.26 Å². The molecule has 0 spiro atoms. The van der Waals surface area contributed by atoms with E-state index in [-0.39, 0.29) is 11.8 Å². The molecule has 0 saturated heterocycles. The van der Waals surface area contributed by atoms with E-state index in [1.54, 1.807) is 36.5 Å². The lowest BCUT2D eigenvalue weighted by molar-refractivity contribution is -0.113. The van der Waals surface area contributed by atoms with Crippen LogP contribution in [0.3, 0.4) is 0 Å². The summed E-state index contributed by atoms with van der Waals surface area (Å²) in [6.07, 6.45) is 1.57. The molecule has 0 bridgehead atoms. The van der Waals surface area contributed by atoms with Crippen LogP contribution in [0.15, 0.2) is 65.7 Å². The van der Waals surface area contributed by atoms with Crippen LogP contribution in [0, 0.1) is 18.3 Å². The standard InChI is InChI=1S/C23H21N3O3S/c1-3-28-18-6-9-20(10-7-18)30-15-22(27)26-21-11-8-19(13-16(21)2)29-23-17(14-24)5-4-12-25-23/h4-13H,3,15H2,1-2H3,(H,26,27). The van der Waals surface area contributed by atoms with E-state index in [4.69, 9.17) is 14.7 Å². The molecular weight excluding hydrogens is 398 g/mol. The highest BCUT2D eigenvalue weighted by Gasteiger charge is 2.09. The number of anilines is 1. The lowest BCUT2D eigenvalue weighted by Crippen LogP contribution is -2.14. The SMILES string of the molecule is CCOc1ccc(SCC(=O)Nc2ccc(Oc3ncccc3C#N)cc2C)cc1. The van der Waals surface area contributed by atoms with Crippen molar-refractivity contribution in [2.45, 2.75) is 18.7 Å². The topological polar surface area (TPSA) is 84.2 Å². The number of aryl methyl sites for hydroxylation is 1. The largest absolute Gasteiger partial charge is 0.494 e. The number of hydrogen-bond acceptors (Lipinski definition) is 6. The van der Waals surface area contributed by atoms with Gasteiger partial charge < -0.3 is 14.8 Å². The summed E-state index contributed by atoms with van der Waals surface area (Å²) in [5.41, 5.74) is 1.92. The van der Waals surface area contributed by atoms with Crippen molar-refractivity contribution in [3.05, 3.63) is 71.9 Å². The molecule has 1 amide bonds. The van der Waals surface area contributed by atoms with Gasteiger partial charge in [-0.2, -0.15) is 5.26 Å². The van der Waals surface area contributed by atoms with Gasteiger partial charge in [-0.1, -0.05) is 0 Å². The zero-order valence-corrected chi connectivity index (χ0v) is 17.5. The molecule has 152 valence electrons. The zero-order chi connectivity index (χ0) is 21.3. The van der Waals surface area contributed by atoms with Gasteiger partial charge in [-0.25, -0.2) is 4.98 Å². The van der Waals surface area contributed by atoms with Crippen LogP contribution in [0.4, 0.5) is 5.69 Å². The highest BCUT2D eigenvalue weighted by atomic mass is 32.2. The number of rotatable bonds is 8. The second-order valence-electron chi connectivity index (χ2n) is 6.29. The van der Waals surface area contributed by atoms with Gasteiger partial charge in [0.2, 0.25) is 11.8 Å². The van der Waals surface area contributed by atoms with Gasteiger partial charge in [0.05, 0.1) is 12.4 Å². The van der Waals surface area contributed by atoms with Crippen molar-refractivity contribution in [3.63, 3.8) is 0 Å². The van der Waals surface area contributed by atoms with Gasteiger partial charge in [-0.05, 0) is 74.0 Å². The molecule has 6 nitrogen and oxygen atoms in total. The number of thioether (sulfide) groups is 1. The van der Waals surface area contributed by atoms with Gasteiger partial charge in [-0.3, -0.25) is 4.79 Å². The highest BCUT2D eigenvalue weighted by molar-refractivity contribution is 8.00. The van der Waals surface area contributed by atoms with Crippen LogP contribution < -0.4 is 14.8 Å². The molecule has 0 radical (unpaired) electrons. The fourth-order valence-corrected chi connectivity index (χ4v) is 3.34. The summed E-state index contributed by atoms with van der Waals surface area (Å²) in [7, 11) is 0. The molecule has 7 heteroatoms. The van der Waals surface area contributed by atoms with Crippen LogP contribution in [0.25, 0.3) is 0 Å². The Morgan fingerprint density at radius 2 is 1.93 bits per heavy atom. The predicted molar refractivity (Wildman–Crippen MR) is 117 cm³/mol. The smallest absolute Gasteiger partial charge is 0.237 e. The average Bonchev–Trinajstić information content (AvgIpc) is 2.76. The number of ether oxygens (including phenoxy) is 2. The molecule has 0 aliphatic carbocycles. The van der Waals surface area contributed by atoms with Crippen molar-refractivity contribution in [2.24, 2.45) is 0 Å². The average molecular weight is 420 g/mol. The van der Waals surface area contributed by atoms with Gasteiger partial charge in [0, 0.05) is 16.8 Å². The molecule has 0 aliphatic rings. The maximum atomic E-state index is 12.3. The number of carbonyl (C=O) groups is 1. The molecule has 30 heavy (non-hydrogen) atoms. The fourth-order valence-electron chi connectivity index (χ4n) is 2.64. The number of aromatic nitrogens is 1. The first-order chi connectivity index (χ1) is 14.6. The van der Waals surface area contributed by atoms with E-state index in [1.807, 2.05) is 38.1 Å². The minimum atomic E-state index is -0.0952. The number of benzene rings is 2. The summed E-state index contributed by atoms with van der Waals surface area (Å²) in [5.74, 6) is 1.82. The number of nitrogens with one attached hydrogen (secondary N) is 1. The summed E-state index contributed by atoms with van der Waals surface area (Å²) in [6, 6.07) is 18.3. The third kappa shape index (κ3) is 5.75.